The lowest BCUT2D eigenvalue weighted by molar-refractivity contribution is -0.124. The molecule has 2 amide bonds. The molecule has 2 N–H and O–H groups in total. The van der Waals surface area contributed by atoms with Crippen LogP contribution >= 0.6 is 34.3 Å². The van der Waals surface area contributed by atoms with E-state index in [2.05, 4.69) is 20.6 Å². The van der Waals surface area contributed by atoms with Gasteiger partial charge in [0.15, 0.2) is 10.3 Å². The largest absolute Gasteiger partial charge is 0.497 e. The molecule has 2 heterocycles. The number of fused-ring (bicyclic) bond motifs is 2. The molecule has 0 bridgehead atoms. The first-order chi connectivity index (χ1) is 18.4. The molecule has 0 spiro atoms. The second kappa shape index (κ2) is 11.3. The summed E-state index contributed by atoms with van der Waals surface area (Å²) in [7, 11) is 3.18. The van der Waals surface area contributed by atoms with E-state index in [1.807, 2.05) is 48.5 Å². The Kier molecular flexibility index (Phi) is 7.73. The van der Waals surface area contributed by atoms with Crippen molar-refractivity contribution in [1.29, 1.82) is 0 Å². The Morgan fingerprint density at radius 2 is 1.39 bits per heavy atom. The zero-order valence-electron chi connectivity index (χ0n) is 20.5. The van der Waals surface area contributed by atoms with E-state index in [1.54, 1.807) is 26.4 Å². The van der Waals surface area contributed by atoms with Gasteiger partial charge in [0.2, 0.25) is 11.8 Å². The monoisotopic (exact) mass is 566 g/mol. The second-order valence-corrected chi connectivity index (χ2v) is 11.0. The number of hydrogen-bond acceptors (Lipinski definition) is 8. The summed E-state index contributed by atoms with van der Waals surface area (Å²) in [6.45, 7) is 0. The van der Waals surface area contributed by atoms with Gasteiger partial charge in [-0.15, -0.1) is 0 Å². The highest BCUT2D eigenvalue weighted by Crippen LogP contribution is 2.31. The van der Waals surface area contributed by atoms with E-state index in [-0.39, 0.29) is 18.2 Å². The normalized spacial score (nSPS) is 11.9. The summed E-state index contributed by atoms with van der Waals surface area (Å²) in [5.41, 5.74) is 2.35. The molecule has 8 nitrogen and oxygen atoms in total. The molecule has 38 heavy (non-hydrogen) atoms. The van der Waals surface area contributed by atoms with Crippen LogP contribution in [0, 0.1) is 5.92 Å². The maximum atomic E-state index is 13.4. The van der Waals surface area contributed by atoms with Crippen LogP contribution in [0.25, 0.3) is 20.4 Å². The molecule has 5 aromatic rings. The molecular weight excluding hydrogens is 544 g/mol. The predicted molar refractivity (Wildman–Crippen MR) is 153 cm³/mol. The summed E-state index contributed by atoms with van der Waals surface area (Å²) in [5, 5.41) is 7.27. The SMILES string of the molecule is COc1ccc2sc(NC(=O)C[C@@H](Cc3ccc(Cl)cc3)C(=O)Nc3nc4cc(OC)ccc4s3)nc2c1. The van der Waals surface area contributed by atoms with Gasteiger partial charge >= 0.3 is 0 Å². The summed E-state index contributed by atoms with van der Waals surface area (Å²) < 4.78 is 12.3. The van der Waals surface area contributed by atoms with E-state index in [4.69, 9.17) is 21.1 Å². The minimum absolute atomic E-state index is 0.0353. The average molecular weight is 567 g/mol. The number of methoxy groups -OCH3 is 2. The Labute approximate surface area is 231 Å². The van der Waals surface area contributed by atoms with Crippen LogP contribution in [0.15, 0.2) is 60.7 Å². The van der Waals surface area contributed by atoms with Crippen molar-refractivity contribution in [2.75, 3.05) is 24.9 Å². The molecule has 0 aliphatic heterocycles. The Hall–Kier alpha value is -3.73. The van der Waals surface area contributed by atoms with Gasteiger partial charge in [0.05, 0.1) is 40.6 Å². The van der Waals surface area contributed by atoms with Gasteiger partial charge in [-0.2, -0.15) is 0 Å². The number of benzene rings is 3. The highest BCUT2D eigenvalue weighted by atomic mass is 35.5. The molecule has 5 rings (SSSR count). The molecule has 0 aliphatic rings. The zero-order valence-corrected chi connectivity index (χ0v) is 22.9. The van der Waals surface area contributed by atoms with Gasteiger partial charge in [-0.25, -0.2) is 9.97 Å². The summed E-state index contributed by atoms with van der Waals surface area (Å²) >= 11 is 8.76. The number of hydrogen-bond donors (Lipinski definition) is 2. The van der Waals surface area contributed by atoms with Crippen LogP contribution in [0.3, 0.4) is 0 Å². The first kappa shape index (κ1) is 25.9. The van der Waals surface area contributed by atoms with E-state index >= 15 is 0 Å². The molecular formula is C27H23ClN4O4S2. The van der Waals surface area contributed by atoms with Crippen molar-refractivity contribution in [2.45, 2.75) is 12.8 Å². The van der Waals surface area contributed by atoms with Gasteiger partial charge in [0.25, 0.3) is 0 Å². The fraction of sp³-hybridized carbons (Fsp3) is 0.185. The highest BCUT2D eigenvalue weighted by Gasteiger charge is 2.24. The first-order valence-electron chi connectivity index (χ1n) is 11.6. The van der Waals surface area contributed by atoms with E-state index in [0.717, 1.165) is 26.0 Å². The Morgan fingerprint density at radius 1 is 0.842 bits per heavy atom. The van der Waals surface area contributed by atoms with Crippen molar-refractivity contribution < 1.29 is 19.1 Å². The van der Waals surface area contributed by atoms with Gasteiger partial charge in [0, 0.05) is 23.6 Å². The lowest BCUT2D eigenvalue weighted by Crippen LogP contribution is -2.29. The number of thiazole rings is 2. The second-order valence-electron chi connectivity index (χ2n) is 8.47. The van der Waals surface area contributed by atoms with Crippen molar-refractivity contribution in [3.8, 4) is 11.5 Å². The molecule has 0 unspecified atom stereocenters. The van der Waals surface area contributed by atoms with Crippen molar-refractivity contribution in [2.24, 2.45) is 5.92 Å². The molecule has 11 heteroatoms. The number of amides is 2. The standard InChI is InChI=1S/C27H23ClN4O4S2/c1-35-18-7-9-22-20(13-18)29-26(37-22)31-24(33)12-16(11-15-3-5-17(28)6-4-15)25(34)32-27-30-21-14-19(36-2)8-10-23(21)38-27/h3-10,13-14,16H,11-12H2,1-2H3,(H,29,31,33)(H,30,32,34)/t16-/m1/s1. The third-order valence-electron chi connectivity index (χ3n) is 5.86. The number of nitrogens with one attached hydrogen (secondary N) is 2. The minimum Gasteiger partial charge on any atom is -0.497 e. The maximum absolute atomic E-state index is 13.4. The summed E-state index contributed by atoms with van der Waals surface area (Å²) in [5.74, 6) is 0.126. The zero-order chi connectivity index (χ0) is 26.6. The molecule has 1 atom stereocenters. The Balaban J connectivity index is 1.33. The van der Waals surface area contributed by atoms with Gasteiger partial charge in [-0.05, 0) is 48.4 Å². The molecule has 194 valence electrons. The van der Waals surface area contributed by atoms with Crippen LogP contribution in [0.1, 0.15) is 12.0 Å². The number of ether oxygens (including phenoxy) is 2. The smallest absolute Gasteiger partial charge is 0.230 e. The van der Waals surface area contributed by atoms with Gasteiger partial charge in [0.1, 0.15) is 11.5 Å². The molecule has 0 aliphatic carbocycles. The predicted octanol–water partition coefficient (Wildman–Crippen LogP) is 6.40. The Bertz CT molecular complexity index is 1620. The van der Waals surface area contributed by atoms with E-state index in [1.165, 1.54) is 22.7 Å². The third-order valence-corrected chi connectivity index (χ3v) is 8.02. The van der Waals surface area contributed by atoms with E-state index < -0.39 is 5.92 Å². The maximum Gasteiger partial charge on any atom is 0.230 e. The van der Waals surface area contributed by atoms with Crippen molar-refractivity contribution in [1.82, 2.24) is 9.97 Å². The molecule has 0 saturated carbocycles. The summed E-state index contributed by atoms with van der Waals surface area (Å²) in [6.07, 6.45) is 0.318. The van der Waals surface area contributed by atoms with E-state index in [0.29, 0.717) is 33.2 Å². The van der Waals surface area contributed by atoms with Crippen LogP contribution in [0.5, 0.6) is 11.5 Å². The van der Waals surface area contributed by atoms with Crippen molar-refractivity contribution >= 4 is 76.8 Å². The Morgan fingerprint density at radius 3 is 1.95 bits per heavy atom. The lowest BCUT2D eigenvalue weighted by Gasteiger charge is -2.15. The number of aromatic nitrogens is 2. The van der Waals surface area contributed by atoms with Gasteiger partial charge < -0.3 is 20.1 Å². The van der Waals surface area contributed by atoms with Crippen molar-refractivity contribution in [3.05, 3.63) is 71.2 Å². The fourth-order valence-electron chi connectivity index (χ4n) is 3.94. The lowest BCUT2D eigenvalue weighted by atomic mass is 9.95. The van der Waals surface area contributed by atoms with Crippen LogP contribution < -0.4 is 20.1 Å². The van der Waals surface area contributed by atoms with Gasteiger partial charge in [-0.3, -0.25) is 9.59 Å². The van der Waals surface area contributed by atoms with Crippen LogP contribution in [-0.2, 0) is 16.0 Å². The van der Waals surface area contributed by atoms with Crippen LogP contribution in [-0.4, -0.2) is 36.0 Å². The average Bonchev–Trinajstić information content (AvgIpc) is 3.50. The quantitative estimate of drug-likeness (QED) is 0.214. The minimum atomic E-state index is -0.646. The van der Waals surface area contributed by atoms with Crippen LogP contribution in [0.4, 0.5) is 10.3 Å². The highest BCUT2D eigenvalue weighted by molar-refractivity contribution is 7.22. The number of anilines is 2. The number of rotatable bonds is 9. The summed E-state index contributed by atoms with van der Waals surface area (Å²) in [6, 6.07) is 18.3. The third kappa shape index (κ3) is 6.04. The first-order valence-corrected chi connectivity index (χ1v) is 13.7. The van der Waals surface area contributed by atoms with Crippen LogP contribution in [0.2, 0.25) is 5.02 Å². The number of nitrogens with zero attached hydrogens (tertiary/aromatic N) is 2. The van der Waals surface area contributed by atoms with Gasteiger partial charge in [-0.1, -0.05) is 46.4 Å². The molecule has 2 aromatic heterocycles. The molecule has 3 aromatic carbocycles. The topological polar surface area (TPSA) is 102 Å². The molecule has 0 saturated heterocycles. The van der Waals surface area contributed by atoms with Crippen molar-refractivity contribution in [3.63, 3.8) is 0 Å². The number of halogens is 1. The number of carbonyl (C=O) groups is 2. The molecule has 0 fully saturated rings. The number of carbonyl (C=O) groups excluding carboxylic acids is 2. The molecule has 0 radical (unpaired) electrons. The van der Waals surface area contributed by atoms with E-state index in [9.17, 15) is 9.59 Å². The summed E-state index contributed by atoms with van der Waals surface area (Å²) in [4.78, 5) is 35.4. The fourth-order valence-corrected chi connectivity index (χ4v) is 5.78.